The molecule has 0 bridgehead atoms. The van der Waals surface area contributed by atoms with Crippen LogP contribution in [-0.4, -0.2) is 30.8 Å². The lowest BCUT2D eigenvalue weighted by atomic mass is 10.1. The molecule has 0 saturated heterocycles. The van der Waals surface area contributed by atoms with E-state index in [1.54, 1.807) is 0 Å². The Labute approximate surface area is 121 Å². The minimum atomic E-state index is 0.0973. The summed E-state index contributed by atoms with van der Waals surface area (Å²) < 4.78 is 0. The molecule has 0 heterocycles. The van der Waals surface area contributed by atoms with Gasteiger partial charge in [-0.1, -0.05) is 29.8 Å². The van der Waals surface area contributed by atoms with Crippen LogP contribution in [0.3, 0.4) is 0 Å². The van der Waals surface area contributed by atoms with E-state index in [1.807, 2.05) is 0 Å². The van der Waals surface area contributed by atoms with Crippen LogP contribution in [0.4, 0.5) is 0 Å². The molecule has 20 heavy (non-hydrogen) atoms. The van der Waals surface area contributed by atoms with Crippen LogP contribution in [0.25, 0.3) is 0 Å². The van der Waals surface area contributed by atoms with Crippen LogP contribution in [-0.2, 0) is 6.54 Å². The van der Waals surface area contributed by atoms with Crippen molar-refractivity contribution in [3.05, 3.63) is 35.4 Å². The number of aliphatic hydroxyl groups excluding tert-OH is 1. The van der Waals surface area contributed by atoms with Crippen molar-refractivity contribution < 1.29 is 5.11 Å². The minimum Gasteiger partial charge on any atom is -0.396 e. The van der Waals surface area contributed by atoms with Gasteiger partial charge in [-0.25, -0.2) is 4.99 Å². The van der Waals surface area contributed by atoms with Crippen LogP contribution in [0.2, 0.25) is 0 Å². The molecule has 0 spiro atoms. The van der Waals surface area contributed by atoms with Crippen molar-refractivity contribution in [3.8, 4) is 0 Å². The third-order valence-electron chi connectivity index (χ3n) is 3.81. The van der Waals surface area contributed by atoms with Gasteiger partial charge in [0.05, 0.1) is 13.2 Å². The highest BCUT2D eigenvalue weighted by Crippen LogP contribution is 2.44. The Morgan fingerprint density at radius 2 is 1.95 bits per heavy atom. The van der Waals surface area contributed by atoms with Crippen molar-refractivity contribution in [1.82, 2.24) is 10.6 Å². The molecule has 4 heteroatoms. The number of nitrogens with zero attached hydrogens (tertiary/aromatic N) is 1. The van der Waals surface area contributed by atoms with Crippen LogP contribution in [0.1, 0.15) is 30.9 Å². The van der Waals surface area contributed by atoms with Gasteiger partial charge in [0.1, 0.15) is 0 Å². The molecule has 0 unspecified atom stereocenters. The van der Waals surface area contributed by atoms with E-state index in [-0.39, 0.29) is 12.0 Å². The van der Waals surface area contributed by atoms with Gasteiger partial charge in [-0.2, -0.15) is 0 Å². The van der Waals surface area contributed by atoms with E-state index in [2.05, 4.69) is 53.7 Å². The average Bonchev–Trinajstić information content (AvgIpc) is 3.24. The molecule has 1 saturated carbocycles. The Hall–Kier alpha value is -1.55. The number of benzene rings is 1. The fraction of sp³-hybridized carbons (Fsp3) is 0.562. The summed E-state index contributed by atoms with van der Waals surface area (Å²) in [5.41, 5.74) is 2.57. The summed E-state index contributed by atoms with van der Waals surface area (Å²) in [6, 6.07) is 8.43. The topological polar surface area (TPSA) is 56.7 Å². The third-order valence-corrected chi connectivity index (χ3v) is 3.81. The maximum Gasteiger partial charge on any atom is 0.191 e. The largest absolute Gasteiger partial charge is 0.396 e. The molecule has 0 amide bonds. The van der Waals surface area contributed by atoms with Gasteiger partial charge in [-0.15, -0.1) is 0 Å². The van der Waals surface area contributed by atoms with Gasteiger partial charge in [-0.3, -0.25) is 0 Å². The Morgan fingerprint density at radius 1 is 1.25 bits per heavy atom. The lowest BCUT2D eigenvalue weighted by molar-refractivity contribution is 0.212. The number of guanidine groups is 1. The molecule has 1 aromatic carbocycles. The fourth-order valence-corrected chi connectivity index (χ4v) is 2.04. The fourth-order valence-electron chi connectivity index (χ4n) is 2.04. The maximum atomic E-state index is 9.33. The van der Waals surface area contributed by atoms with E-state index < -0.39 is 0 Å². The third kappa shape index (κ3) is 4.23. The normalized spacial score (nSPS) is 16.9. The monoisotopic (exact) mass is 275 g/mol. The molecule has 1 fully saturated rings. The second-order valence-electron chi connectivity index (χ2n) is 5.69. The molecular weight excluding hydrogens is 250 g/mol. The van der Waals surface area contributed by atoms with E-state index in [4.69, 9.17) is 0 Å². The smallest absolute Gasteiger partial charge is 0.191 e. The zero-order chi connectivity index (χ0) is 14.4. The predicted octanol–water partition coefficient (Wildman–Crippen LogP) is 1.82. The highest BCUT2D eigenvalue weighted by molar-refractivity contribution is 5.79. The molecule has 0 aromatic heterocycles. The summed E-state index contributed by atoms with van der Waals surface area (Å²) in [7, 11) is 0. The summed E-state index contributed by atoms with van der Waals surface area (Å²) in [5, 5.41) is 15.9. The Kier molecular flexibility index (Phi) is 5.01. The van der Waals surface area contributed by atoms with Crippen molar-refractivity contribution in [2.45, 2.75) is 33.2 Å². The van der Waals surface area contributed by atoms with Crippen molar-refractivity contribution in [3.63, 3.8) is 0 Å². The molecular formula is C16H25N3O. The van der Waals surface area contributed by atoms with Gasteiger partial charge < -0.3 is 15.7 Å². The van der Waals surface area contributed by atoms with E-state index in [1.165, 1.54) is 11.1 Å². The quantitative estimate of drug-likeness (QED) is 0.548. The summed E-state index contributed by atoms with van der Waals surface area (Å²) in [5.74, 6) is 0.827. The zero-order valence-electron chi connectivity index (χ0n) is 12.4. The van der Waals surface area contributed by atoms with E-state index in [0.29, 0.717) is 6.54 Å². The predicted molar refractivity (Wildman–Crippen MR) is 82.8 cm³/mol. The van der Waals surface area contributed by atoms with Crippen LogP contribution in [0.5, 0.6) is 0 Å². The molecule has 4 nitrogen and oxygen atoms in total. The Morgan fingerprint density at radius 3 is 2.50 bits per heavy atom. The molecule has 3 N–H and O–H groups in total. The van der Waals surface area contributed by atoms with Crippen LogP contribution >= 0.6 is 0 Å². The van der Waals surface area contributed by atoms with Crippen LogP contribution < -0.4 is 10.6 Å². The Bertz CT molecular complexity index is 449. The van der Waals surface area contributed by atoms with E-state index in [0.717, 1.165) is 31.9 Å². The van der Waals surface area contributed by atoms with Gasteiger partial charge in [0.15, 0.2) is 5.96 Å². The van der Waals surface area contributed by atoms with Crippen molar-refractivity contribution in [2.24, 2.45) is 10.4 Å². The van der Waals surface area contributed by atoms with Crippen molar-refractivity contribution in [1.29, 1.82) is 0 Å². The van der Waals surface area contributed by atoms with E-state index >= 15 is 0 Å². The highest BCUT2D eigenvalue weighted by Gasteiger charge is 2.41. The van der Waals surface area contributed by atoms with E-state index in [9.17, 15) is 5.11 Å². The number of nitrogens with one attached hydrogen (secondary N) is 2. The summed E-state index contributed by atoms with van der Waals surface area (Å²) >= 11 is 0. The number of hydrogen-bond acceptors (Lipinski definition) is 2. The van der Waals surface area contributed by atoms with Crippen LogP contribution in [0.15, 0.2) is 29.3 Å². The maximum absolute atomic E-state index is 9.33. The number of hydrogen-bond donors (Lipinski definition) is 3. The molecule has 1 aliphatic carbocycles. The molecule has 110 valence electrons. The second kappa shape index (κ2) is 6.75. The first-order valence-corrected chi connectivity index (χ1v) is 7.36. The summed E-state index contributed by atoms with van der Waals surface area (Å²) in [6.07, 6.45) is 2.21. The first-order valence-electron chi connectivity index (χ1n) is 7.36. The van der Waals surface area contributed by atoms with Gasteiger partial charge in [-0.05, 0) is 32.3 Å². The van der Waals surface area contributed by atoms with Crippen molar-refractivity contribution >= 4 is 5.96 Å². The van der Waals surface area contributed by atoms with Gasteiger partial charge >= 0.3 is 0 Å². The number of rotatable bonds is 6. The summed E-state index contributed by atoms with van der Waals surface area (Å²) in [6.45, 7) is 6.71. The zero-order valence-corrected chi connectivity index (χ0v) is 12.4. The van der Waals surface area contributed by atoms with Gasteiger partial charge in [0.25, 0.3) is 0 Å². The Balaban J connectivity index is 1.89. The molecule has 1 aromatic rings. The molecule has 0 radical (unpaired) electrons. The number of aliphatic hydroxyl groups is 1. The lowest BCUT2D eigenvalue weighted by Gasteiger charge is -2.16. The first kappa shape index (κ1) is 14.9. The number of aryl methyl sites for hydroxylation is 1. The van der Waals surface area contributed by atoms with Crippen LogP contribution in [0, 0.1) is 12.3 Å². The molecule has 1 aliphatic rings. The number of aliphatic imine (C=N–C) groups is 1. The van der Waals surface area contributed by atoms with Crippen molar-refractivity contribution in [2.75, 3.05) is 19.7 Å². The SMILES string of the molecule is CCNC(=NCc1ccc(C)cc1)NCC1(CO)CC1. The van der Waals surface area contributed by atoms with Gasteiger partial charge in [0.2, 0.25) is 0 Å². The van der Waals surface area contributed by atoms with Gasteiger partial charge in [0, 0.05) is 18.5 Å². The second-order valence-corrected chi connectivity index (χ2v) is 5.69. The first-order chi connectivity index (χ1) is 9.67. The lowest BCUT2D eigenvalue weighted by Crippen LogP contribution is -2.41. The highest BCUT2D eigenvalue weighted by atomic mass is 16.3. The minimum absolute atomic E-state index is 0.0973. The standard InChI is InChI=1S/C16H25N3O/c1-3-17-15(19-11-16(12-20)8-9-16)18-10-14-6-4-13(2)5-7-14/h4-7,20H,3,8-12H2,1-2H3,(H2,17,18,19). The average molecular weight is 275 g/mol. The molecule has 2 rings (SSSR count). The molecule has 0 atom stereocenters. The molecule has 0 aliphatic heterocycles. The summed E-state index contributed by atoms with van der Waals surface area (Å²) in [4.78, 5) is 4.59.